The number of halogens is 1. The van der Waals surface area contributed by atoms with E-state index in [1.165, 1.54) is 25.7 Å². The number of nitrogens with one attached hydrogen (secondary N) is 1. The first-order valence-electron chi connectivity index (χ1n) is 7.65. The monoisotopic (exact) mass is 349 g/mol. The lowest BCUT2D eigenvalue weighted by atomic mass is 10.0. The molecule has 2 heterocycles. The van der Waals surface area contributed by atoms with Crippen molar-refractivity contribution in [1.82, 2.24) is 9.97 Å². The Kier molecular flexibility index (Phi) is 4.58. The van der Waals surface area contributed by atoms with Crippen LogP contribution in [0.15, 0.2) is 27.3 Å². The lowest BCUT2D eigenvalue weighted by Crippen LogP contribution is -2.07. The van der Waals surface area contributed by atoms with Crippen LogP contribution in [0.2, 0.25) is 0 Å². The minimum absolute atomic E-state index is 0.562. The molecule has 3 rings (SSSR count). The minimum Gasteiger partial charge on any atom is -0.446 e. The Morgan fingerprint density at radius 2 is 2.10 bits per heavy atom. The summed E-state index contributed by atoms with van der Waals surface area (Å²) in [6.45, 7) is 3.07. The number of furan rings is 1. The average molecular weight is 350 g/mol. The number of rotatable bonds is 5. The first-order chi connectivity index (χ1) is 10.3. The van der Waals surface area contributed by atoms with E-state index in [0.717, 1.165) is 24.5 Å². The highest BCUT2D eigenvalue weighted by Gasteiger charge is 2.21. The molecule has 112 valence electrons. The molecule has 1 N–H and O–H groups in total. The van der Waals surface area contributed by atoms with Gasteiger partial charge in [-0.2, -0.15) is 0 Å². The second-order valence-electron chi connectivity index (χ2n) is 5.51. The fraction of sp³-hybridized carbons (Fsp3) is 0.500. The minimum atomic E-state index is 0.562. The molecule has 1 aliphatic carbocycles. The largest absolute Gasteiger partial charge is 0.446 e. The standard InChI is InChI=1S/C16H20BrN3O/c1-2-9-18-15-10-12(11-5-3-4-6-11)19-16(20-15)13-7-8-14(17)21-13/h7-8,10-11H,2-6,9H2,1H3,(H,18,19,20). The zero-order chi connectivity index (χ0) is 14.7. The van der Waals surface area contributed by atoms with Gasteiger partial charge in [0.1, 0.15) is 5.82 Å². The quantitative estimate of drug-likeness (QED) is 0.826. The Hall–Kier alpha value is -1.36. The molecular formula is C16H20BrN3O. The molecule has 0 spiro atoms. The highest BCUT2D eigenvalue weighted by Crippen LogP contribution is 2.35. The molecule has 0 saturated heterocycles. The molecule has 0 bridgehead atoms. The molecule has 1 saturated carbocycles. The van der Waals surface area contributed by atoms with Gasteiger partial charge < -0.3 is 9.73 Å². The number of nitrogens with zero attached hydrogens (tertiary/aromatic N) is 2. The molecule has 5 heteroatoms. The Balaban J connectivity index is 1.95. The predicted molar refractivity (Wildman–Crippen MR) is 87.4 cm³/mol. The van der Waals surface area contributed by atoms with Crippen molar-refractivity contribution in [2.24, 2.45) is 0 Å². The molecule has 4 nitrogen and oxygen atoms in total. The van der Waals surface area contributed by atoms with Crippen molar-refractivity contribution >= 4 is 21.7 Å². The van der Waals surface area contributed by atoms with Gasteiger partial charge in [-0.25, -0.2) is 9.97 Å². The highest BCUT2D eigenvalue weighted by molar-refractivity contribution is 9.10. The van der Waals surface area contributed by atoms with Gasteiger partial charge in [-0.05, 0) is 47.3 Å². The first-order valence-corrected chi connectivity index (χ1v) is 8.44. The van der Waals surface area contributed by atoms with E-state index in [-0.39, 0.29) is 0 Å². The molecule has 0 atom stereocenters. The second kappa shape index (κ2) is 6.60. The Morgan fingerprint density at radius 1 is 1.29 bits per heavy atom. The summed E-state index contributed by atoms with van der Waals surface area (Å²) in [5, 5.41) is 3.37. The maximum Gasteiger partial charge on any atom is 0.197 e. The van der Waals surface area contributed by atoms with Gasteiger partial charge in [0, 0.05) is 24.2 Å². The molecular weight excluding hydrogens is 330 g/mol. The predicted octanol–water partition coefficient (Wildman–Crippen LogP) is 4.98. The molecule has 0 aromatic carbocycles. The molecule has 0 radical (unpaired) electrons. The van der Waals surface area contributed by atoms with E-state index in [1.807, 2.05) is 12.1 Å². The topological polar surface area (TPSA) is 51.0 Å². The van der Waals surface area contributed by atoms with Gasteiger partial charge in [0.25, 0.3) is 0 Å². The van der Waals surface area contributed by atoms with E-state index in [1.54, 1.807) is 0 Å². The third-order valence-electron chi connectivity index (χ3n) is 3.87. The molecule has 2 aromatic heterocycles. The smallest absolute Gasteiger partial charge is 0.197 e. The number of anilines is 1. The van der Waals surface area contributed by atoms with Crippen LogP contribution in [0, 0.1) is 0 Å². The lowest BCUT2D eigenvalue weighted by Gasteiger charge is -2.12. The van der Waals surface area contributed by atoms with Crippen molar-refractivity contribution in [2.75, 3.05) is 11.9 Å². The fourth-order valence-electron chi connectivity index (χ4n) is 2.79. The van der Waals surface area contributed by atoms with Crippen LogP contribution in [-0.2, 0) is 0 Å². The van der Waals surface area contributed by atoms with Gasteiger partial charge in [-0.3, -0.25) is 0 Å². The third-order valence-corrected chi connectivity index (χ3v) is 4.30. The summed E-state index contributed by atoms with van der Waals surface area (Å²) in [5.41, 5.74) is 1.14. The van der Waals surface area contributed by atoms with Crippen molar-refractivity contribution < 1.29 is 4.42 Å². The maximum atomic E-state index is 5.61. The van der Waals surface area contributed by atoms with Crippen LogP contribution in [0.5, 0.6) is 0 Å². The van der Waals surface area contributed by atoms with Gasteiger partial charge in [-0.15, -0.1) is 0 Å². The van der Waals surface area contributed by atoms with E-state index in [0.29, 0.717) is 22.2 Å². The average Bonchev–Trinajstić information content (AvgIpc) is 3.16. The second-order valence-corrected chi connectivity index (χ2v) is 6.30. The van der Waals surface area contributed by atoms with Crippen molar-refractivity contribution in [3.05, 3.63) is 28.6 Å². The van der Waals surface area contributed by atoms with E-state index < -0.39 is 0 Å². The summed E-state index contributed by atoms with van der Waals surface area (Å²) >= 11 is 3.34. The van der Waals surface area contributed by atoms with E-state index in [2.05, 4.69) is 39.2 Å². The van der Waals surface area contributed by atoms with E-state index >= 15 is 0 Å². The van der Waals surface area contributed by atoms with Crippen molar-refractivity contribution in [2.45, 2.75) is 44.9 Å². The lowest BCUT2D eigenvalue weighted by molar-refractivity contribution is 0.550. The number of hydrogen-bond acceptors (Lipinski definition) is 4. The molecule has 1 fully saturated rings. The molecule has 0 aliphatic heterocycles. The van der Waals surface area contributed by atoms with Crippen LogP contribution in [0.25, 0.3) is 11.6 Å². The van der Waals surface area contributed by atoms with Gasteiger partial charge in [0.2, 0.25) is 0 Å². The highest BCUT2D eigenvalue weighted by atomic mass is 79.9. The molecule has 2 aromatic rings. The van der Waals surface area contributed by atoms with Gasteiger partial charge >= 0.3 is 0 Å². The van der Waals surface area contributed by atoms with Crippen LogP contribution >= 0.6 is 15.9 Å². The first kappa shape index (κ1) is 14.6. The third kappa shape index (κ3) is 3.46. The summed E-state index contributed by atoms with van der Waals surface area (Å²) in [5.74, 6) is 2.84. The van der Waals surface area contributed by atoms with Crippen LogP contribution < -0.4 is 5.32 Å². The Bertz CT molecular complexity index is 605. The maximum absolute atomic E-state index is 5.61. The molecule has 0 unspecified atom stereocenters. The van der Waals surface area contributed by atoms with Crippen molar-refractivity contribution in [3.8, 4) is 11.6 Å². The summed E-state index contributed by atoms with van der Waals surface area (Å²) in [6.07, 6.45) is 6.13. The SMILES string of the molecule is CCCNc1cc(C2CCCC2)nc(-c2ccc(Br)o2)n1. The Labute approximate surface area is 133 Å². The zero-order valence-electron chi connectivity index (χ0n) is 12.2. The normalized spacial score (nSPS) is 15.5. The van der Waals surface area contributed by atoms with Crippen molar-refractivity contribution in [3.63, 3.8) is 0 Å². The van der Waals surface area contributed by atoms with Gasteiger partial charge in [0.15, 0.2) is 16.3 Å². The van der Waals surface area contributed by atoms with Crippen molar-refractivity contribution in [1.29, 1.82) is 0 Å². The van der Waals surface area contributed by atoms with Gasteiger partial charge in [-0.1, -0.05) is 19.8 Å². The van der Waals surface area contributed by atoms with Crippen LogP contribution in [0.1, 0.15) is 50.6 Å². The summed E-state index contributed by atoms with van der Waals surface area (Å²) in [4.78, 5) is 9.33. The van der Waals surface area contributed by atoms with E-state index in [9.17, 15) is 0 Å². The Morgan fingerprint density at radius 3 is 2.76 bits per heavy atom. The molecule has 0 amide bonds. The number of hydrogen-bond donors (Lipinski definition) is 1. The van der Waals surface area contributed by atoms with E-state index in [4.69, 9.17) is 9.40 Å². The summed E-state index contributed by atoms with van der Waals surface area (Å²) in [6, 6.07) is 5.88. The molecule has 1 aliphatic rings. The summed E-state index contributed by atoms with van der Waals surface area (Å²) in [7, 11) is 0. The molecule has 21 heavy (non-hydrogen) atoms. The van der Waals surface area contributed by atoms with Crippen LogP contribution in [0.4, 0.5) is 5.82 Å². The van der Waals surface area contributed by atoms with Gasteiger partial charge in [0.05, 0.1) is 0 Å². The van der Waals surface area contributed by atoms with Crippen LogP contribution in [-0.4, -0.2) is 16.5 Å². The van der Waals surface area contributed by atoms with Crippen LogP contribution in [0.3, 0.4) is 0 Å². The fourth-order valence-corrected chi connectivity index (χ4v) is 3.09. The number of aromatic nitrogens is 2. The summed E-state index contributed by atoms with van der Waals surface area (Å²) < 4.78 is 6.31. The zero-order valence-corrected chi connectivity index (χ0v) is 13.8.